The van der Waals surface area contributed by atoms with Crippen molar-refractivity contribution in [3.8, 4) is 0 Å². The molecule has 0 heterocycles. The van der Waals surface area contributed by atoms with Gasteiger partial charge in [0.2, 0.25) is 0 Å². The third-order valence-electron chi connectivity index (χ3n) is 2.56. The second kappa shape index (κ2) is 7.94. The molecule has 0 aliphatic carbocycles. The molecule has 104 valence electrons. The van der Waals surface area contributed by atoms with Crippen LogP contribution >= 0.6 is 0 Å². The van der Waals surface area contributed by atoms with E-state index in [1.165, 1.54) is 0 Å². The van der Waals surface area contributed by atoms with E-state index in [0.29, 0.717) is 28.4 Å². The van der Waals surface area contributed by atoms with Gasteiger partial charge < -0.3 is 0 Å². The van der Waals surface area contributed by atoms with Gasteiger partial charge in [-0.2, -0.15) is 0 Å². The van der Waals surface area contributed by atoms with Crippen molar-refractivity contribution in [2.45, 2.75) is 57.1 Å². The molecule has 1 unspecified atom stereocenters. The molecule has 0 fully saturated rings. The van der Waals surface area contributed by atoms with Crippen molar-refractivity contribution < 1.29 is 13.3 Å². The van der Waals surface area contributed by atoms with E-state index in [9.17, 15) is 0 Å². The van der Waals surface area contributed by atoms with Crippen molar-refractivity contribution in [2.75, 3.05) is 19.8 Å². The molecule has 3 nitrogen and oxygen atoms in total. The molecular weight excluding hydrogens is 293 g/mol. The molecule has 17 heavy (non-hydrogen) atoms. The van der Waals surface area contributed by atoms with E-state index in [1.54, 1.807) is 0 Å². The second-order valence-electron chi connectivity index (χ2n) is 5.57. The first-order chi connectivity index (χ1) is 7.81. The first kappa shape index (κ1) is 17.6. The van der Waals surface area contributed by atoms with E-state index >= 15 is 0 Å². The van der Waals surface area contributed by atoms with Crippen LogP contribution in [0, 0.1) is 0 Å². The van der Waals surface area contributed by atoms with Gasteiger partial charge >= 0.3 is 114 Å². The predicted octanol–water partition coefficient (Wildman–Crippen LogP) is 2.77. The Balaban J connectivity index is 4.83. The monoisotopic (exact) mass is 324 g/mol. The summed E-state index contributed by atoms with van der Waals surface area (Å²) in [5.74, 6) is 0. The predicted molar refractivity (Wildman–Crippen MR) is 78.3 cm³/mol. The topological polar surface area (TPSA) is 27.7 Å². The molecule has 0 aromatic heterocycles. The summed E-state index contributed by atoms with van der Waals surface area (Å²) in [4.78, 5) is 0. The molecule has 0 rings (SSSR count). The molecule has 0 spiro atoms. The maximum atomic E-state index is 5.96. The molecule has 0 aliphatic rings. The first-order valence-electron chi connectivity index (χ1n) is 6.73. The normalized spacial score (nSPS) is 15.7. The van der Waals surface area contributed by atoms with Gasteiger partial charge in [-0.15, -0.1) is 0 Å². The average Bonchev–Trinajstić information content (AvgIpc) is 2.16. The van der Waals surface area contributed by atoms with Gasteiger partial charge in [-0.3, -0.25) is 0 Å². The summed E-state index contributed by atoms with van der Waals surface area (Å²) >= 11 is -0.780. The molecule has 0 amide bonds. The van der Waals surface area contributed by atoms with E-state index in [-0.39, 0.29) is 0 Å². The summed E-state index contributed by atoms with van der Waals surface area (Å²) in [5, 5.41) is 0. The van der Waals surface area contributed by atoms with Crippen molar-refractivity contribution in [3.63, 3.8) is 0 Å². The molecule has 0 saturated carbocycles. The average molecular weight is 323 g/mol. The molecule has 0 radical (unpaired) electrons. The van der Waals surface area contributed by atoms with Gasteiger partial charge in [0.05, 0.1) is 0 Å². The summed E-state index contributed by atoms with van der Waals surface area (Å²) in [5.41, 5.74) is 0. The van der Waals surface area contributed by atoms with Crippen LogP contribution in [0.2, 0.25) is 8.62 Å². The Morgan fingerprint density at radius 3 is 1.53 bits per heavy atom. The Morgan fingerprint density at radius 2 is 1.29 bits per heavy atom. The number of rotatable bonds is 8. The fourth-order valence-electron chi connectivity index (χ4n) is 2.20. The SMILES string of the molecule is CCO[Si](OCC)(OCC)[CH](C)[GeH2][C](C)(C)C. The summed E-state index contributed by atoms with van der Waals surface area (Å²) < 4.78 is 18.9. The van der Waals surface area contributed by atoms with Crippen LogP contribution in [0.3, 0.4) is 0 Å². The van der Waals surface area contributed by atoms with Crippen molar-refractivity contribution in [1.29, 1.82) is 0 Å². The third-order valence-corrected chi connectivity index (χ3v) is 13.9. The van der Waals surface area contributed by atoms with Crippen molar-refractivity contribution in [2.24, 2.45) is 0 Å². The fourth-order valence-corrected chi connectivity index (χ4v) is 15.6. The third kappa shape index (κ3) is 6.38. The summed E-state index contributed by atoms with van der Waals surface area (Å²) in [6.45, 7) is 17.4. The van der Waals surface area contributed by atoms with E-state index in [2.05, 4.69) is 27.7 Å². The summed E-state index contributed by atoms with van der Waals surface area (Å²) in [7, 11) is -2.43. The van der Waals surface area contributed by atoms with Gasteiger partial charge in [0.1, 0.15) is 0 Å². The van der Waals surface area contributed by atoms with Crippen LogP contribution in [0.15, 0.2) is 0 Å². The Morgan fingerprint density at radius 1 is 0.941 bits per heavy atom. The minimum absolute atomic E-state index is 0.454. The molecule has 0 bridgehead atoms. The quantitative estimate of drug-likeness (QED) is 0.643. The van der Waals surface area contributed by atoms with Crippen LogP contribution in [0.5, 0.6) is 0 Å². The van der Waals surface area contributed by atoms with Crippen LogP contribution in [0.1, 0.15) is 48.5 Å². The second-order valence-corrected chi connectivity index (χ2v) is 18.2. The summed E-state index contributed by atoms with van der Waals surface area (Å²) in [6, 6.07) is 0. The van der Waals surface area contributed by atoms with Gasteiger partial charge in [0, 0.05) is 0 Å². The summed E-state index contributed by atoms with van der Waals surface area (Å²) in [6.07, 6.45) is 0. The minimum atomic E-state index is -2.43. The van der Waals surface area contributed by atoms with Gasteiger partial charge in [-0.05, 0) is 0 Å². The number of hydrogen-bond donors (Lipinski definition) is 0. The molecule has 1 atom stereocenters. The van der Waals surface area contributed by atoms with E-state index in [4.69, 9.17) is 13.3 Å². The molecular formula is C12H30GeO3Si. The molecule has 0 N–H and O–H groups in total. The van der Waals surface area contributed by atoms with Crippen LogP contribution in [0.25, 0.3) is 0 Å². The number of hydrogen-bond acceptors (Lipinski definition) is 3. The standard InChI is InChI=1S/C12H30GeO3Si/c1-8-14-17(15-9-2,16-10-3)11(4)13-12(5,6)7/h11H,8-10,13H2,1-7H3. The zero-order valence-electron chi connectivity index (χ0n) is 12.6. The Kier molecular flexibility index (Phi) is 8.24. The van der Waals surface area contributed by atoms with E-state index < -0.39 is 24.2 Å². The van der Waals surface area contributed by atoms with Gasteiger partial charge in [0.25, 0.3) is 0 Å². The maximum absolute atomic E-state index is 5.96. The zero-order chi connectivity index (χ0) is 13.5. The molecule has 0 aromatic rings. The zero-order valence-corrected chi connectivity index (χ0v) is 16.6. The first-order valence-corrected chi connectivity index (χ1v) is 11.7. The van der Waals surface area contributed by atoms with Crippen LogP contribution < -0.4 is 0 Å². The Bertz CT molecular complexity index is 189. The van der Waals surface area contributed by atoms with Gasteiger partial charge in [-0.1, -0.05) is 0 Å². The Hall–Kier alpha value is 0.640. The molecule has 5 heteroatoms. The molecule has 0 aliphatic heterocycles. The van der Waals surface area contributed by atoms with Gasteiger partial charge in [0.15, 0.2) is 0 Å². The van der Waals surface area contributed by atoms with Crippen molar-refractivity contribution in [1.82, 2.24) is 0 Å². The Labute approximate surface area is 114 Å². The van der Waals surface area contributed by atoms with Gasteiger partial charge in [-0.25, -0.2) is 0 Å². The van der Waals surface area contributed by atoms with Crippen LogP contribution in [0.4, 0.5) is 0 Å². The van der Waals surface area contributed by atoms with Crippen LogP contribution in [-0.2, 0) is 13.3 Å². The van der Waals surface area contributed by atoms with Crippen LogP contribution in [-0.4, -0.2) is 44.1 Å². The van der Waals surface area contributed by atoms with Crippen molar-refractivity contribution >= 4 is 24.2 Å². The molecule has 0 saturated heterocycles. The van der Waals surface area contributed by atoms with E-state index in [1.807, 2.05) is 20.8 Å². The fraction of sp³-hybridized carbons (Fsp3) is 1.00. The molecule has 0 aromatic carbocycles. The van der Waals surface area contributed by atoms with E-state index in [0.717, 1.165) is 0 Å². The van der Waals surface area contributed by atoms with Crippen molar-refractivity contribution in [3.05, 3.63) is 0 Å².